The van der Waals surface area contributed by atoms with Crippen LogP contribution in [0.3, 0.4) is 0 Å². The van der Waals surface area contributed by atoms with E-state index in [1.807, 2.05) is 19.3 Å². The van der Waals surface area contributed by atoms with Crippen LogP contribution in [0, 0.1) is 0 Å². The molecule has 2 rings (SSSR count). The molecular weight excluding hydrogens is 288 g/mol. The van der Waals surface area contributed by atoms with Gasteiger partial charge in [-0.2, -0.15) is 5.10 Å². The second-order valence-corrected chi connectivity index (χ2v) is 6.10. The lowest BCUT2D eigenvalue weighted by Gasteiger charge is -2.05. The van der Waals surface area contributed by atoms with E-state index in [1.54, 1.807) is 4.68 Å². The molecule has 0 amide bonds. The van der Waals surface area contributed by atoms with Gasteiger partial charge in [-0.1, -0.05) is 11.6 Å². The average Bonchev–Trinajstić information content (AvgIpc) is 2.75. The van der Waals surface area contributed by atoms with Crippen LogP contribution in [0.2, 0.25) is 5.15 Å². The van der Waals surface area contributed by atoms with E-state index >= 15 is 0 Å². The summed E-state index contributed by atoms with van der Waals surface area (Å²) < 4.78 is 28.0. The molecule has 2 aromatic rings. The SMILES string of the molecule is Cn1ccc(CCNS(=O)(=O)c2ccc(Cl)nc2)n1. The van der Waals surface area contributed by atoms with Crippen LogP contribution in [0.1, 0.15) is 5.69 Å². The number of pyridine rings is 1. The van der Waals surface area contributed by atoms with Crippen LogP contribution >= 0.6 is 11.6 Å². The first-order chi connectivity index (χ1) is 8.97. The zero-order valence-electron chi connectivity index (χ0n) is 10.2. The topological polar surface area (TPSA) is 76.9 Å². The largest absolute Gasteiger partial charge is 0.276 e. The molecule has 0 aliphatic rings. The Bertz CT molecular complexity index is 652. The van der Waals surface area contributed by atoms with Gasteiger partial charge in [0, 0.05) is 32.4 Å². The number of halogens is 1. The molecule has 1 N–H and O–H groups in total. The number of nitrogens with zero attached hydrogens (tertiary/aromatic N) is 3. The number of aromatic nitrogens is 3. The van der Waals surface area contributed by atoms with Gasteiger partial charge < -0.3 is 0 Å². The molecule has 6 nitrogen and oxygen atoms in total. The lowest BCUT2D eigenvalue weighted by Crippen LogP contribution is -2.26. The van der Waals surface area contributed by atoms with E-state index in [4.69, 9.17) is 11.6 Å². The molecule has 0 radical (unpaired) electrons. The third-order valence-corrected chi connectivity index (χ3v) is 4.12. The summed E-state index contributed by atoms with van der Waals surface area (Å²) in [6.07, 6.45) is 3.57. The number of sulfonamides is 1. The summed E-state index contributed by atoms with van der Waals surface area (Å²) in [4.78, 5) is 3.84. The molecule has 0 unspecified atom stereocenters. The molecule has 2 heterocycles. The van der Waals surface area contributed by atoms with Crippen molar-refractivity contribution in [2.45, 2.75) is 11.3 Å². The predicted octanol–water partition coefficient (Wildman–Crippen LogP) is 0.990. The molecule has 0 saturated heterocycles. The van der Waals surface area contributed by atoms with Gasteiger partial charge in [0.2, 0.25) is 10.0 Å². The van der Waals surface area contributed by atoms with Gasteiger partial charge in [0.05, 0.1) is 5.69 Å². The third-order valence-electron chi connectivity index (χ3n) is 2.45. The lowest BCUT2D eigenvalue weighted by atomic mass is 10.3. The highest BCUT2D eigenvalue weighted by molar-refractivity contribution is 7.89. The number of hydrogen-bond acceptors (Lipinski definition) is 4. The second kappa shape index (κ2) is 5.68. The van der Waals surface area contributed by atoms with Crippen LogP contribution in [0.5, 0.6) is 0 Å². The fourth-order valence-electron chi connectivity index (χ4n) is 1.51. The van der Waals surface area contributed by atoms with Gasteiger partial charge in [-0.3, -0.25) is 4.68 Å². The van der Waals surface area contributed by atoms with Crippen LogP contribution in [-0.4, -0.2) is 29.7 Å². The van der Waals surface area contributed by atoms with E-state index in [-0.39, 0.29) is 16.6 Å². The van der Waals surface area contributed by atoms with Crippen molar-refractivity contribution in [3.63, 3.8) is 0 Å². The molecule has 0 aliphatic carbocycles. The molecule has 19 heavy (non-hydrogen) atoms. The monoisotopic (exact) mass is 300 g/mol. The quantitative estimate of drug-likeness (QED) is 0.835. The second-order valence-electron chi connectivity index (χ2n) is 3.95. The Balaban J connectivity index is 1.96. The Hall–Kier alpha value is -1.44. The molecule has 0 aromatic carbocycles. The minimum absolute atomic E-state index is 0.0953. The summed E-state index contributed by atoms with van der Waals surface area (Å²) >= 11 is 5.61. The van der Waals surface area contributed by atoms with Crippen molar-refractivity contribution in [3.8, 4) is 0 Å². The van der Waals surface area contributed by atoms with Gasteiger partial charge in [0.1, 0.15) is 10.0 Å². The van der Waals surface area contributed by atoms with Gasteiger partial charge in [-0.25, -0.2) is 18.1 Å². The maximum atomic E-state index is 11.9. The fourth-order valence-corrected chi connectivity index (χ4v) is 2.60. The van der Waals surface area contributed by atoms with Crippen molar-refractivity contribution < 1.29 is 8.42 Å². The van der Waals surface area contributed by atoms with Crippen molar-refractivity contribution in [3.05, 3.63) is 41.4 Å². The van der Waals surface area contributed by atoms with Crippen LogP contribution in [0.25, 0.3) is 0 Å². The molecule has 2 aromatic heterocycles. The number of rotatable bonds is 5. The number of aryl methyl sites for hydroxylation is 1. The standard InChI is InChI=1S/C11H13ClN4O2S/c1-16-7-5-9(15-16)4-6-14-19(17,18)10-2-3-11(12)13-8-10/h2-3,5,7-8,14H,4,6H2,1H3. The third kappa shape index (κ3) is 3.76. The van der Waals surface area contributed by atoms with Crippen molar-refractivity contribution in [2.75, 3.05) is 6.54 Å². The summed E-state index contributed by atoms with van der Waals surface area (Å²) in [5.74, 6) is 0. The first-order valence-electron chi connectivity index (χ1n) is 5.57. The average molecular weight is 301 g/mol. The maximum absolute atomic E-state index is 11.9. The maximum Gasteiger partial charge on any atom is 0.242 e. The highest BCUT2D eigenvalue weighted by atomic mass is 35.5. The molecule has 0 saturated carbocycles. The molecule has 0 fully saturated rings. The first-order valence-corrected chi connectivity index (χ1v) is 7.43. The molecule has 0 aliphatic heterocycles. The zero-order valence-corrected chi connectivity index (χ0v) is 11.8. The highest BCUT2D eigenvalue weighted by Crippen LogP contribution is 2.10. The fraction of sp³-hybridized carbons (Fsp3) is 0.273. The molecule has 0 atom stereocenters. The van der Waals surface area contributed by atoms with Gasteiger partial charge in [0.15, 0.2) is 0 Å². The lowest BCUT2D eigenvalue weighted by molar-refractivity contribution is 0.580. The molecule has 0 spiro atoms. The Labute approximate surface area is 116 Å². The van der Waals surface area contributed by atoms with E-state index < -0.39 is 10.0 Å². The van der Waals surface area contributed by atoms with Gasteiger partial charge in [0.25, 0.3) is 0 Å². The Morgan fingerprint density at radius 2 is 2.16 bits per heavy atom. The van der Waals surface area contributed by atoms with E-state index in [9.17, 15) is 8.42 Å². The van der Waals surface area contributed by atoms with Crippen LogP contribution < -0.4 is 4.72 Å². The van der Waals surface area contributed by atoms with E-state index in [2.05, 4.69) is 14.8 Å². The predicted molar refractivity (Wildman–Crippen MR) is 71.3 cm³/mol. The number of nitrogens with one attached hydrogen (secondary N) is 1. The normalized spacial score (nSPS) is 11.7. The van der Waals surface area contributed by atoms with Gasteiger partial charge in [-0.15, -0.1) is 0 Å². The summed E-state index contributed by atoms with van der Waals surface area (Å²) in [5, 5.41) is 4.42. The molecular formula is C11H13ClN4O2S. The van der Waals surface area contributed by atoms with Gasteiger partial charge in [-0.05, 0) is 18.2 Å². The van der Waals surface area contributed by atoms with E-state index in [0.717, 1.165) is 5.69 Å². The summed E-state index contributed by atoms with van der Waals surface area (Å²) in [6, 6.07) is 4.70. The molecule has 102 valence electrons. The molecule has 0 bridgehead atoms. The first kappa shape index (κ1) is 14.0. The van der Waals surface area contributed by atoms with E-state index in [1.165, 1.54) is 18.3 Å². The minimum atomic E-state index is -3.55. The summed E-state index contributed by atoms with van der Waals surface area (Å²) in [7, 11) is -1.73. The Morgan fingerprint density at radius 1 is 1.37 bits per heavy atom. The van der Waals surface area contributed by atoms with Crippen molar-refractivity contribution in [2.24, 2.45) is 7.05 Å². The van der Waals surface area contributed by atoms with Crippen LogP contribution in [0.4, 0.5) is 0 Å². The molecule has 8 heteroatoms. The van der Waals surface area contributed by atoms with Crippen molar-refractivity contribution in [1.29, 1.82) is 0 Å². The van der Waals surface area contributed by atoms with E-state index in [0.29, 0.717) is 6.42 Å². The van der Waals surface area contributed by atoms with Gasteiger partial charge >= 0.3 is 0 Å². The smallest absolute Gasteiger partial charge is 0.242 e. The van der Waals surface area contributed by atoms with Crippen LogP contribution in [-0.2, 0) is 23.5 Å². The minimum Gasteiger partial charge on any atom is -0.276 e. The van der Waals surface area contributed by atoms with Crippen molar-refractivity contribution in [1.82, 2.24) is 19.5 Å². The Morgan fingerprint density at radius 3 is 2.74 bits per heavy atom. The summed E-state index contributed by atoms with van der Waals surface area (Å²) in [6.45, 7) is 0.280. The highest BCUT2D eigenvalue weighted by Gasteiger charge is 2.13. The van der Waals surface area contributed by atoms with Crippen LogP contribution in [0.15, 0.2) is 35.5 Å². The zero-order chi connectivity index (χ0) is 13.9. The Kier molecular flexibility index (Phi) is 4.18. The number of hydrogen-bond donors (Lipinski definition) is 1. The summed E-state index contributed by atoms with van der Waals surface area (Å²) in [5.41, 5.74) is 0.833. The van der Waals surface area contributed by atoms with Crippen molar-refractivity contribution >= 4 is 21.6 Å².